The second-order valence-corrected chi connectivity index (χ2v) is 8.90. The Bertz CT molecular complexity index is 1410. The van der Waals surface area contributed by atoms with Gasteiger partial charge in [-0.3, -0.25) is 9.59 Å². The third-order valence-electron chi connectivity index (χ3n) is 6.73. The quantitative estimate of drug-likeness (QED) is 0.450. The fourth-order valence-corrected chi connectivity index (χ4v) is 4.47. The molecule has 2 aliphatic heterocycles. The van der Waals surface area contributed by atoms with Crippen molar-refractivity contribution in [1.82, 2.24) is 19.7 Å². The minimum atomic E-state index is -0.876. The molecule has 2 N–H and O–H groups in total. The van der Waals surface area contributed by atoms with Crippen LogP contribution in [0.1, 0.15) is 22.5 Å². The lowest BCUT2D eigenvalue weighted by molar-refractivity contribution is -0.130. The number of anilines is 1. The van der Waals surface area contributed by atoms with Crippen molar-refractivity contribution >= 4 is 28.5 Å². The highest BCUT2D eigenvalue weighted by atomic mass is 16.5. The highest BCUT2D eigenvalue weighted by Crippen LogP contribution is 2.32. The summed E-state index contributed by atoms with van der Waals surface area (Å²) < 4.78 is 6.94. The Morgan fingerprint density at radius 2 is 2.11 bits per heavy atom. The molecule has 3 aromatic rings. The molecule has 2 aromatic heterocycles. The van der Waals surface area contributed by atoms with Gasteiger partial charge in [-0.1, -0.05) is 24.0 Å². The Kier molecular flexibility index (Phi) is 5.53. The van der Waals surface area contributed by atoms with Gasteiger partial charge in [0.15, 0.2) is 11.3 Å². The van der Waals surface area contributed by atoms with E-state index in [1.165, 1.54) is 0 Å². The molecule has 1 atom stereocenters. The van der Waals surface area contributed by atoms with Crippen LogP contribution in [0.3, 0.4) is 0 Å². The first-order valence-electron chi connectivity index (χ1n) is 11.3. The average molecular weight is 471 g/mol. The van der Waals surface area contributed by atoms with E-state index in [2.05, 4.69) is 33.4 Å². The lowest BCUT2D eigenvalue weighted by Gasteiger charge is -2.39. The topological polar surface area (TPSA) is 107 Å². The number of ether oxygens (including phenoxy) is 1. The number of aromatic nitrogens is 3. The largest absolute Gasteiger partial charge is 0.378 e. The van der Waals surface area contributed by atoms with E-state index in [-0.39, 0.29) is 17.7 Å². The molecule has 178 valence electrons. The van der Waals surface area contributed by atoms with Crippen molar-refractivity contribution in [3.05, 3.63) is 60.4 Å². The van der Waals surface area contributed by atoms with Gasteiger partial charge in [-0.15, -0.1) is 6.58 Å². The van der Waals surface area contributed by atoms with Gasteiger partial charge in [-0.05, 0) is 30.7 Å². The summed E-state index contributed by atoms with van der Waals surface area (Å²) in [6.07, 6.45) is 4.19. The van der Waals surface area contributed by atoms with Crippen LogP contribution in [-0.4, -0.2) is 71.4 Å². The zero-order valence-electron chi connectivity index (χ0n) is 19.7. The van der Waals surface area contributed by atoms with Crippen molar-refractivity contribution in [3.63, 3.8) is 0 Å². The number of carbonyl (C=O) groups excluding carboxylic acids is 2. The average Bonchev–Trinajstić information content (AvgIpc) is 3.35. The molecule has 5 rings (SSSR count). The number of hydrogen-bond donors (Lipinski definition) is 1. The smallest absolute Gasteiger partial charge is 0.269 e. The number of carbonyl (C=O) groups is 2. The number of likely N-dealkylation sites (tertiary alicyclic amines) is 1. The van der Waals surface area contributed by atoms with E-state index in [9.17, 15) is 9.59 Å². The number of rotatable bonds is 5. The fraction of sp³-hybridized carbons (Fsp3) is 0.308. The van der Waals surface area contributed by atoms with E-state index >= 15 is 0 Å². The maximum atomic E-state index is 12.6. The van der Waals surface area contributed by atoms with Crippen molar-refractivity contribution in [3.8, 4) is 17.5 Å². The van der Waals surface area contributed by atoms with Crippen LogP contribution in [0.25, 0.3) is 16.7 Å². The number of primary amides is 1. The molecular weight excluding hydrogens is 444 g/mol. The molecule has 0 unspecified atom stereocenters. The predicted molar refractivity (Wildman–Crippen MR) is 132 cm³/mol. The number of methoxy groups -OCH3 is 1. The van der Waals surface area contributed by atoms with Gasteiger partial charge in [0.1, 0.15) is 5.41 Å². The molecule has 9 nitrogen and oxygen atoms in total. The minimum absolute atomic E-state index is 0.0423. The summed E-state index contributed by atoms with van der Waals surface area (Å²) in [4.78, 5) is 33.2. The van der Waals surface area contributed by atoms with Crippen LogP contribution in [0.4, 0.5) is 5.69 Å². The number of amides is 2. The zero-order valence-corrected chi connectivity index (χ0v) is 19.7. The van der Waals surface area contributed by atoms with Gasteiger partial charge in [0.05, 0.1) is 29.1 Å². The molecular formula is C26H26N6O3. The number of nitrogens with two attached hydrogens (primary N) is 1. The summed E-state index contributed by atoms with van der Waals surface area (Å²) in [5.41, 5.74) is 7.71. The fourth-order valence-electron chi connectivity index (χ4n) is 4.47. The Labute approximate surface area is 203 Å². The first kappa shape index (κ1) is 22.6. The van der Waals surface area contributed by atoms with Crippen molar-refractivity contribution in [2.45, 2.75) is 12.5 Å². The van der Waals surface area contributed by atoms with Gasteiger partial charge in [0.2, 0.25) is 5.91 Å². The standard InChI is InChI=1S/C26H26N6O3/c1-4-26(10-11-30(2)25(26)34)9-8-17-6-5-7-18(12-17)32-24-21(22(29-32)23(27)33)13-19(14-28-24)31-15-20(16-31)35-3/h4-7,12-14,20H,1,10-11,15-16H2,2-3H3,(H2,27,33)/t26-/m1/s1. The summed E-state index contributed by atoms with van der Waals surface area (Å²) in [5.74, 6) is 5.58. The van der Waals surface area contributed by atoms with Crippen molar-refractivity contribution in [1.29, 1.82) is 0 Å². The molecule has 0 aliphatic carbocycles. The monoisotopic (exact) mass is 470 g/mol. The highest BCUT2D eigenvalue weighted by molar-refractivity contribution is 6.04. The Morgan fingerprint density at radius 3 is 2.77 bits per heavy atom. The van der Waals surface area contributed by atoms with E-state index in [0.29, 0.717) is 35.2 Å². The molecule has 4 heterocycles. The van der Waals surface area contributed by atoms with Gasteiger partial charge < -0.3 is 20.3 Å². The van der Waals surface area contributed by atoms with Crippen LogP contribution in [-0.2, 0) is 9.53 Å². The van der Waals surface area contributed by atoms with E-state index < -0.39 is 11.3 Å². The lowest BCUT2D eigenvalue weighted by Crippen LogP contribution is -2.51. The predicted octanol–water partition coefficient (Wildman–Crippen LogP) is 1.74. The van der Waals surface area contributed by atoms with E-state index in [1.807, 2.05) is 30.3 Å². The SMILES string of the molecule is C=C[C@@]1(C#Cc2cccc(-n3nc(C(N)=O)c4cc(N5CC(OC)C5)cnc43)c2)CCN(C)C1=O. The van der Waals surface area contributed by atoms with Crippen LogP contribution >= 0.6 is 0 Å². The maximum absolute atomic E-state index is 12.6. The second kappa shape index (κ2) is 8.56. The first-order chi connectivity index (χ1) is 16.8. The van der Waals surface area contributed by atoms with Crippen LogP contribution < -0.4 is 10.6 Å². The molecule has 0 bridgehead atoms. The summed E-state index contributed by atoms with van der Waals surface area (Å²) in [7, 11) is 3.46. The summed E-state index contributed by atoms with van der Waals surface area (Å²) in [6, 6.07) is 9.29. The van der Waals surface area contributed by atoms with Gasteiger partial charge in [0, 0.05) is 39.4 Å². The highest BCUT2D eigenvalue weighted by Gasteiger charge is 2.41. The van der Waals surface area contributed by atoms with Crippen LogP contribution in [0, 0.1) is 17.3 Å². The lowest BCUT2D eigenvalue weighted by atomic mass is 9.87. The Balaban J connectivity index is 1.52. The Morgan fingerprint density at radius 1 is 1.31 bits per heavy atom. The Hall–Kier alpha value is -4.16. The van der Waals surface area contributed by atoms with Crippen molar-refractivity contribution in [2.75, 3.05) is 38.7 Å². The van der Waals surface area contributed by atoms with Crippen LogP contribution in [0.2, 0.25) is 0 Å². The van der Waals surface area contributed by atoms with E-state index in [4.69, 9.17) is 10.5 Å². The van der Waals surface area contributed by atoms with E-state index in [1.54, 1.807) is 36.0 Å². The van der Waals surface area contributed by atoms with Crippen LogP contribution in [0.5, 0.6) is 0 Å². The molecule has 0 radical (unpaired) electrons. The van der Waals surface area contributed by atoms with E-state index in [0.717, 1.165) is 18.8 Å². The maximum Gasteiger partial charge on any atom is 0.269 e. The summed E-state index contributed by atoms with van der Waals surface area (Å²) in [6.45, 7) is 6.01. The zero-order chi connectivity index (χ0) is 24.7. The molecule has 9 heteroatoms. The number of fused-ring (bicyclic) bond motifs is 1. The second-order valence-electron chi connectivity index (χ2n) is 8.90. The third kappa shape index (κ3) is 3.82. The minimum Gasteiger partial charge on any atom is -0.378 e. The molecule has 2 fully saturated rings. The molecule has 2 saturated heterocycles. The molecule has 0 spiro atoms. The van der Waals surface area contributed by atoms with Gasteiger partial charge in [-0.2, -0.15) is 5.10 Å². The third-order valence-corrected chi connectivity index (χ3v) is 6.73. The first-order valence-corrected chi connectivity index (χ1v) is 11.3. The number of pyridine rings is 1. The molecule has 2 aliphatic rings. The number of benzene rings is 1. The number of hydrogen-bond acceptors (Lipinski definition) is 6. The molecule has 1 aromatic carbocycles. The molecule has 0 saturated carbocycles. The van der Waals surface area contributed by atoms with Crippen molar-refractivity contribution < 1.29 is 14.3 Å². The van der Waals surface area contributed by atoms with Crippen LogP contribution in [0.15, 0.2) is 49.2 Å². The molecule has 2 amide bonds. The van der Waals surface area contributed by atoms with Crippen molar-refractivity contribution in [2.24, 2.45) is 11.1 Å². The summed E-state index contributed by atoms with van der Waals surface area (Å²) >= 11 is 0. The van der Waals surface area contributed by atoms with Gasteiger partial charge in [-0.25, -0.2) is 9.67 Å². The molecule has 35 heavy (non-hydrogen) atoms. The van der Waals surface area contributed by atoms with Gasteiger partial charge in [0.25, 0.3) is 5.91 Å². The summed E-state index contributed by atoms with van der Waals surface area (Å²) in [5, 5.41) is 5.06. The number of nitrogens with zero attached hydrogens (tertiary/aromatic N) is 5. The normalized spacial score (nSPS) is 20.0. The van der Waals surface area contributed by atoms with Gasteiger partial charge >= 0.3 is 0 Å².